The fraction of sp³-hybridized carbons (Fsp3) is 0.292. The monoisotopic (exact) mass is 461 g/mol. The number of hydrogen-bond acceptors (Lipinski definition) is 8. The van der Waals surface area contributed by atoms with Gasteiger partial charge in [-0.25, -0.2) is 9.88 Å². The van der Waals surface area contributed by atoms with Gasteiger partial charge < -0.3 is 9.64 Å². The number of nitrogens with zero attached hydrogens (tertiary/aromatic N) is 4. The lowest BCUT2D eigenvalue weighted by Gasteiger charge is -2.24. The molecule has 4 heterocycles. The molecule has 10 nitrogen and oxygen atoms in total. The van der Waals surface area contributed by atoms with Crippen LogP contribution in [0.2, 0.25) is 0 Å². The van der Waals surface area contributed by atoms with E-state index in [0.29, 0.717) is 17.2 Å². The van der Waals surface area contributed by atoms with Crippen molar-refractivity contribution >= 4 is 34.9 Å². The molecule has 2 fully saturated rings. The summed E-state index contributed by atoms with van der Waals surface area (Å²) in [7, 11) is 4.71. The van der Waals surface area contributed by atoms with Crippen LogP contribution >= 0.6 is 0 Å². The Bertz CT molecular complexity index is 1370. The molecule has 1 aromatic carbocycles. The number of ether oxygens (including phenoxy) is 1. The van der Waals surface area contributed by atoms with Crippen molar-refractivity contribution in [3.63, 3.8) is 0 Å². The third kappa shape index (κ3) is 3.10. The number of aromatic nitrogens is 2. The number of nitrogens with one attached hydrogen (secondary N) is 1. The number of carbonyl (C=O) groups excluding carboxylic acids is 3. The zero-order valence-electron chi connectivity index (χ0n) is 18.8. The second-order valence-corrected chi connectivity index (χ2v) is 8.52. The van der Waals surface area contributed by atoms with Crippen molar-refractivity contribution < 1.29 is 19.1 Å². The summed E-state index contributed by atoms with van der Waals surface area (Å²) in [5, 5.41) is 3.07. The van der Waals surface area contributed by atoms with Gasteiger partial charge in [0.1, 0.15) is 17.5 Å². The Balaban J connectivity index is 1.71. The molecule has 10 heteroatoms. The number of anilines is 2. The molecule has 2 amide bonds. The Kier molecular flexibility index (Phi) is 5.17. The smallest absolute Gasteiger partial charge is 0.323 e. The van der Waals surface area contributed by atoms with Crippen LogP contribution in [0.25, 0.3) is 5.65 Å². The Hall–Kier alpha value is -4.05. The first-order valence-electron chi connectivity index (χ1n) is 10.8. The van der Waals surface area contributed by atoms with Gasteiger partial charge in [0.15, 0.2) is 0 Å². The molecule has 2 aliphatic rings. The number of amides is 2. The highest BCUT2D eigenvalue weighted by Gasteiger charge is 2.62. The van der Waals surface area contributed by atoms with E-state index in [1.165, 1.54) is 11.5 Å². The fourth-order valence-electron chi connectivity index (χ4n) is 4.95. The second kappa shape index (κ2) is 8.07. The lowest BCUT2D eigenvalue weighted by molar-refractivity contribution is -0.145. The van der Waals surface area contributed by atoms with E-state index in [-0.39, 0.29) is 11.1 Å². The average molecular weight is 461 g/mol. The normalized spacial score (nSPS) is 23.9. The summed E-state index contributed by atoms with van der Waals surface area (Å²) in [6.07, 6.45) is 1.59. The molecular weight excluding hydrogens is 438 g/mol. The third-order valence-electron chi connectivity index (χ3n) is 6.43. The van der Waals surface area contributed by atoms with Crippen LogP contribution in [0.1, 0.15) is 11.6 Å². The molecular formula is C24H23N5O5. The van der Waals surface area contributed by atoms with Crippen molar-refractivity contribution in [1.29, 1.82) is 0 Å². The highest BCUT2D eigenvalue weighted by molar-refractivity contribution is 6.23. The summed E-state index contributed by atoms with van der Waals surface area (Å²) >= 11 is 0. The van der Waals surface area contributed by atoms with Crippen LogP contribution in [0.3, 0.4) is 0 Å². The highest BCUT2D eigenvalue weighted by Crippen LogP contribution is 2.46. The van der Waals surface area contributed by atoms with Gasteiger partial charge in [-0.15, -0.1) is 0 Å². The van der Waals surface area contributed by atoms with Gasteiger partial charge >= 0.3 is 5.97 Å². The maximum absolute atomic E-state index is 13.7. The van der Waals surface area contributed by atoms with Gasteiger partial charge in [0.2, 0.25) is 11.8 Å². The molecule has 2 aromatic heterocycles. The van der Waals surface area contributed by atoms with E-state index in [2.05, 4.69) is 10.3 Å². The molecule has 174 valence electrons. The first-order valence-corrected chi connectivity index (χ1v) is 10.8. The van der Waals surface area contributed by atoms with Crippen LogP contribution < -0.4 is 20.7 Å². The van der Waals surface area contributed by atoms with Crippen LogP contribution in [0.15, 0.2) is 59.5 Å². The number of para-hydroxylation sites is 1. The van der Waals surface area contributed by atoms with Gasteiger partial charge in [-0.3, -0.25) is 28.9 Å². The van der Waals surface area contributed by atoms with E-state index in [1.54, 1.807) is 73.7 Å². The molecule has 2 saturated heterocycles. The van der Waals surface area contributed by atoms with Gasteiger partial charge in [0.25, 0.3) is 5.56 Å². The van der Waals surface area contributed by atoms with Crippen molar-refractivity contribution in [3.8, 4) is 0 Å². The Morgan fingerprint density at radius 3 is 2.35 bits per heavy atom. The zero-order chi connectivity index (χ0) is 24.1. The summed E-state index contributed by atoms with van der Waals surface area (Å²) in [4.78, 5) is 60.9. The molecule has 34 heavy (non-hydrogen) atoms. The fourth-order valence-corrected chi connectivity index (χ4v) is 4.95. The van der Waals surface area contributed by atoms with E-state index in [4.69, 9.17) is 4.74 Å². The van der Waals surface area contributed by atoms with Gasteiger partial charge in [-0.1, -0.05) is 24.3 Å². The lowest BCUT2D eigenvalue weighted by Crippen LogP contribution is -2.44. The predicted molar refractivity (Wildman–Crippen MR) is 123 cm³/mol. The van der Waals surface area contributed by atoms with E-state index >= 15 is 0 Å². The maximum atomic E-state index is 13.7. The molecule has 0 spiro atoms. The standard InChI is InChI=1S/C24H23N5O5/c1-27(2)20-17(21(30)28-12-8-7-11-14(28)25-20)18-15-16(19(26-18)24(33)34-3)23(32)29(22(15)31)13-9-5-4-6-10-13/h4-12,15-16,18-19,26H,1-3H3/t15-,16+,18+,19-/m0/s1. The van der Waals surface area contributed by atoms with E-state index in [0.717, 1.165) is 4.90 Å². The number of rotatable bonds is 4. The van der Waals surface area contributed by atoms with Crippen molar-refractivity contribution in [2.75, 3.05) is 31.0 Å². The molecule has 0 saturated carbocycles. The maximum Gasteiger partial charge on any atom is 0.323 e. The minimum atomic E-state index is -1.09. The van der Waals surface area contributed by atoms with Crippen molar-refractivity contribution in [1.82, 2.24) is 14.7 Å². The van der Waals surface area contributed by atoms with Crippen LogP contribution in [-0.4, -0.2) is 54.4 Å². The lowest BCUT2D eigenvalue weighted by atomic mass is 9.86. The third-order valence-corrected chi connectivity index (χ3v) is 6.43. The number of methoxy groups -OCH3 is 1. The quantitative estimate of drug-likeness (QED) is 0.447. The topological polar surface area (TPSA) is 113 Å². The van der Waals surface area contributed by atoms with Crippen LogP contribution in [-0.2, 0) is 19.1 Å². The minimum Gasteiger partial charge on any atom is -0.468 e. The summed E-state index contributed by atoms with van der Waals surface area (Å²) in [5.41, 5.74) is 0.690. The van der Waals surface area contributed by atoms with Crippen LogP contribution in [0.5, 0.6) is 0 Å². The number of benzene rings is 1. The molecule has 1 N–H and O–H groups in total. The Morgan fingerprint density at radius 2 is 1.68 bits per heavy atom. The van der Waals surface area contributed by atoms with Crippen molar-refractivity contribution in [3.05, 3.63) is 70.6 Å². The van der Waals surface area contributed by atoms with Crippen molar-refractivity contribution in [2.24, 2.45) is 11.8 Å². The summed E-state index contributed by atoms with van der Waals surface area (Å²) in [6.45, 7) is 0. The summed E-state index contributed by atoms with van der Waals surface area (Å²) in [5.74, 6) is -3.30. The Labute approximate surface area is 194 Å². The predicted octanol–water partition coefficient (Wildman–Crippen LogP) is 0.752. The Morgan fingerprint density at radius 1 is 1.00 bits per heavy atom. The number of imide groups is 1. The molecule has 0 bridgehead atoms. The molecule has 0 unspecified atom stereocenters. The number of esters is 1. The molecule has 5 rings (SSSR count). The first kappa shape index (κ1) is 21.8. The number of fused-ring (bicyclic) bond motifs is 2. The largest absolute Gasteiger partial charge is 0.468 e. The molecule has 0 radical (unpaired) electrons. The highest BCUT2D eigenvalue weighted by atomic mass is 16.5. The van der Waals surface area contributed by atoms with Crippen molar-refractivity contribution in [2.45, 2.75) is 12.1 Å². The average Bonchev–Trinajstić information content (AvgIpc) is 3.35. The summed E-state index contributed by atoms with van der Waals surface area (Å²) in [6, 6.07) is 11.7. The van der Waals surface area contributed by atoms with Gasteiger partial charge in [0, 0.05) is 20.3 Å². The number of hydrogen-bond donors (Lipinski definition) is 1. The second-order valence-electron chi connectivity index (χ2n) is 8.52. The minimum absolute atomic E-state index is 0.214. The molecule has 2 aliphatic heterocycles. The van der Waals surface area contributed by atoms with Crippen LogP contribution in [0.4, 0.5) is 11.5 Å². The van der Waals surface area contributed by atoms with Gasteiger partial charge in [-0.2, -0.15) is 0 Å². The van der Waals surface area contributed by atoms with E-state index in [9.17, 15) is 19.2 Å². The van der Waals surface area contributed by atoms with Crippen LogP contribution in [0, 0.1) is 11.8 Å². The first-order chi connectivity index (χ1) is 16.3. The SMILES string of the molecule is COC(=O)[C@H]1N[C@@H](c2c(N(C)C)nc3ccccn3c2=O)[C@H]2C(=O)N(c3ccccc3)C(=O)[C@H]21. The van der Waals surface area contributed by atoms with Gasteiger partial charge in [0.05, 0.1) is 36.2 Å². The molecule has 0 aliphatic carbocycles. The van der Waals surface area contributed by atoms with E-state index < -0.39 is 41.7 Å². The van der Waals surface area contributed by atoms with E-state index in [1.807, 2.05) is 0 Å². The summed E-state index contributed by atoms with van der Waals surface area (Å²) < 4.78 is 6.33. The zero-order valence-corrected chi connectivity index (χ0v) is 18.8. The number of pyridine rings is 1. The molecule has 3 aromatic rings. The number of carbonyl (C=O) groups is 3. The molecule has 4 atom stereocenters. The van der Waals surface area contributed by atoms with Gasteiger partial charge in [-0.05, 0) is 24.3 Å².